The Balaban J connectivity index is 1.82. The number of furan rings is 1. The third kappa shape index (κ3) is 2.21. The van der Waals surface area contributed by atoms with Gasteiger partial charge in [-0.2, -0.15) is 0 Å². The zero-order valence-corrected chi connectivity index (χ0v) is 16.0. The molecule has 1 unspecified atom stereocenters. The van der Waals surface area contributed by atoms with Crippen molar-refractivity contribution in [2.45, 2.75) is 32.7 Å². The van der Waals surface area contributed by atoms with Crippen LogP contribution in [0.1, 0.15) is 44.1 Å². The summed E-state index contributed by atoms with van der Waals surface area (Å²) in [6.45, 7) is 5.96. The van der Waals surface area contributed by atoms with Crippen LogP contribution in [0.25, 0.3) is 10.9 Å². The van der Waals surface area contributed by atoms with E-state index < -0.39 is 0 Å². The van der Waals surface area contributed by atoms with Crippen LogP contribution in [-0.4, -0.2) is 27.8 Å². The van der Waals surface area contributed by atoms with Gasteiger partial charge in [-0.15, -0.1) is 0 Å². The predicted octanol–water partition coefficient (Wildman–Crippen LogP) is 4.02. The SMILES string of the molecule is CC(=O)N1CC2=C(C1=O)C(c1ccco1)c1cn(C(C)C)c3cccc(c13)N2. The largest absolute Gasteiger partial charge is 0.468 e. The molecule has 6 nitrogen and oxygen atoms in total. The van der Waals surface area contributed by atoms with Crippen LogP contribution in [0, 0.1) is 0 Å². The van der Waals surface area contributed by atoms with Crippen molar-refractivity contribution in [2.24, 2.45) is 0 Å². The molecule has 0 bridgehead atoms. The summed E-state index contributed by atoms with van der Waals surface area (Å²) in [6, 6.07) is 10.1. The Morgan fingerprint density at radius 2 is 2.07 bits per heavy atom. The number of carbonyl (C=O) groups excluding carboxylic acids is 2. The summed E-state index contributed by atoms with van der Waals surface area (Å²) in [6.07, 6.45) is 3.74. The first kappa shape index (κ1) is 16.9. The van der Waals surface area contributed by atoms with Gasteiger partial charge in [0.25, 0.3) is 5.91 Å². The van der Waals surface area contributed by atoms with Crippen LogP contribution in [0.4, 0.5) is 5.69 Å². The highest BCUT2D eigenvalue weighted by Gasteiger charge is 2.42. The summed E-state index contributed by atoms with van der Waals surface area (Å²) in [5.74, 6) is -0.168. The molecule has 0 saturated heterocycles. The van der Waals surface area contributed by atoms with Crippen molar-refractivity contribution in [3.8, 4) is 0 Å². The van der Waals surface area contributed by atoms with Gasteiger partial charge >= 0.3 is 0 Å². The first-order valence-electron chi connectivity index (χ1n) is 9.46. The molecule has 0 spiro atoms. The molecule has 5 rings (SSSR count). The standard InChI is InChI=1S/C22H21N3O3/c1-12(2)24-10-14-19-15(6-4-7-17(19)24)23-16-11-25(13(3)26)22(27)21(16)20(14)18-8-5-9-28-18/h4-10,12,20,23H,11H2,1-3H3. The van der Waals surface area contributed by atoms with E-state index in [1.54, 1.807) is 6.26 Å². The molecule has 1 N–H and O–H groups in total. The molecule has 3 aromatic rings. The zero-order chi connectivity index (χ0) is 19.6. The highest BCUT2D eigenvalue weighted by atomic mass is 16.3. The first-order chi connectivity index (χ1) is 13.5. The molecule has 2 aliphatic rings. The summed E-state index contributed by atoms with van der Waals surface area (Å²) in [5.41, 5.74) is 4.44. The van der Waals surface area contributed by atoms with E-state index >= 15 is 0 Å². The lowest BCUT2D eigenvalue weighted by atomic mass is 9.88. The summed E-state index contributed by atoms with van der Waals surface area (Å²) in [7, 11) is 0. The van der Waals surface area contributed by atoms with E-state index in [4.69, 9.17) is 4.42 Å². The van der Waals surface area contributed by atoms with E-state index in [0.29, 0.717) is 11.3 Å². The van der Waals surface area contributed by atoms with Gasteiger partial charge in [0.15, 0.2) is 0 Å². The van der Waals surface area contributed by atoms with Gasteiger partial charge < -0.3 is 14.3 Å². The van der Waals surface area contributed by atoms with Crippen molar-refractivity contribution in [3.05, 3.63) is 65.4 Å². The fourth-order valence-corrected chi connectivity index (χ4v) is 4.41. The zero-order valence-electron chi connectivity index (χ0n) is 16.0. The van der Waals surface area contributed by atoms with Gasteiger partial charge in [-0.25, -0.2) is 0 Å². The van der Waals surface area contributed by atoms with E-state index in [0.717, 1.165) is 27.9 Å². The molecule has 0 fully saturated rings. The maximum Gasteiger partial charge on any atom is 0.259 e. The lowest BCUT2D eigenvalue weighted by Crippen LogP contribution is -2.33. The highest BCUT2D eigenvalue weighted by Crippen LogP contribution is 2.46. The molecule has 0 aliphatic carbocycles. The van der Waals surface area contributed by atoms with Crippen molar-refractivity contribution in [2.75, 3.05) is 11.9 Å². The molecular formula is C22H21N3O3. The minimum atomic E-state index is -0.361. The van der Waals surface area contributed by atoms with E-state index in [-0.39, 0.29) is 30.3 Å². The molecule has 1 atom stereocenters. The van der Waals surface area contributed by atoms with E-state index in [1.807, 2.05) is 24.3 Å². The van der Waals surface area contributed by atoms with Gasteiger partial charge in [-0.05, 0) is 43.7 Å². The molecule has 0 radical (unpaired) electrons. The summed E-state index contributed by atoms with van der Waals surface area (Å²) in [5, 5.41) is 4.55. The normalized spacial score (nSPS) is 18.6. The van der Waals surface area contributed by atoms with Crippen molar-refractivity contribution in [1.82, 2.24) is 9.47 Å². The number of amides is 2. The minimum Gasteiger partial charge on any atom is -0.468 e. The fraction of sp³-hybridized carbons (Fsp3) is 0.273. The van der Waals surface area contributed by atoms with Crippen LogP contribution < -0.4 is 5.32 Å². The Bertz CT molecular complexity index is 1150. The van der Waals surface area contributed by atoms with Crippen molar-refractivity contribution in [3.63, 3.8) is 0 Å². The monoisotopic (exact) mass is 375 g/mol. The van der Waals surface area contributed by atoms with Gasteiger partial charge in [0.2, 0.25) is 5.91 Å². The number of benzene rings is 1. The molecule has 28 heavy (non-hydrogen) atoms. The molecule has 4 heterocycles. The smallest absolute Gasteiger partial charge is 0.259 e. The van der Waals surface area contributed by atoms with Gasteiger partial charge in [0.05, 0.1) is 29.8 Å². The Morgan fingerprint density at radius 1 is 1.25 bits per heavy atom. The van der Waals surface area contributed by atoms with E-state index in [1.165, 1.54) is 11.8 Å². The van der Waals surface area contributed by atoms with Crippen LogP contribution >= 0.6 is 0 Å². The number of imide groups is 1. The number of nitrogens with one attached hydrogen (secondary N) is 1. The Hall–Kier alpha value is -3.28. The second-order valence-electron chi connectivity index (χ2n) is 7.66. The fourth-order valence-electron chi connectivity index (χ4n) is 4.41. The number of aromatic nitrogens is 1. The third-order valence-electron chi connectivity index (χ3n) is 5.65. The van der Waals surface area contributed by atoms with Gasteiger partial charge in [0, 0.05) is 35.9 Å². The molecule has 2 aliphatic heterocycles. The van der Waals surface area contributed by atoms with Gasteiger partial charge in [-0.1, -0.05) is 6.07 Å². The van der Waals surface area contributed by atoms with Gasteiger partial charge in [-0.3, -0.25) is 14.5 Å². The lowest BCUT2D eigenvalue weighted by molar-refractivity contribution is -0.139. The molecule has 2 aromatic heterocycles. The van der Waals surface area contributed by atoms with E-state index in [9.17, 15) is 9.59 Å². The molecule has 1 aromatic carbocycles. The van der Waals surface area contributed by atoms with Crippen LogP contribution in [0.2, 0.25) is 0 Å². The predicted molar refractivity (Wildman–Crippen MR) is 106 cm³/mol. The Morgan fingerprint density at radius 3 is 2.75 bits per heavy atom. The van der Waals surface area contributed by atoms with Gasteiger partial charge in [0.1, 0.15) is 5.76 Å². The summed E-state index contributed by atoms with van der Waals surface area (Å²) < 4.78 is 7.99. The maximum absolute atomic E-state index is 13.2. The average Bonchev–Trinajstić information content (AvgIpc) is 3.35. The Labute approximate surface area is 162 Å². The lowest BCUT2D eigenvalue weighted by Gasteiger charge is -2.17. The molecular weight excluding hydrogens is 354 g/mol. The second kappa shape index (κ2) is 5.86. The second-order valence-corrected chi connectivity index (χ2v) is 7.66. The number of rotatable bonds is 2. The number of nitrogens with zero attached hydrogens (tertiary/aromatic N) is 2. The van der Waals surface area contributed by atoms with Crippen LogP contribution in [-0.2, 0) is 9.59 Å². The number of carbonyl (C=O) groups is 2. The maximum atomic E-state index is 13.2. The minimum absolute atomic E-state index is 0.253. The topological polar surface area (TPSA) is 67.5 Å². The van der Waals surface area contributed by atoms with Crippen molar-refractivity contribution >= 4 is 28.4 Å². The molecule has 6 heteroatoms. The number of hydrogen-bond donors (Lipinski definition) is 1. The van der Waals surface area contributed by atoms with Crippen LogP contribution in [0.15, 0.2) is 58.5 Å². The molecule has 0 saturated carbocycles. The quantitative estimate of drug-likeness (QED) is 0.735. The molecule has 142 valence electrons. The van der Waals surface area contributed by atoms with Crippen molar-refractivity contribution < 1.29 is 14.0 Å². The highest BCUT2D eigenvalue weighted by molar-refractivity contribution is 6.11. The van der Waals surface area contributed by atoms with E-state index in [2.05, 4.69) is 36.0 Å². The first-order valence-corrected chi connectivity index (χ1v) is 9.46. The molecule has 2 amide bonds. The van der Waals surface area contributed by atoms with Crippen LogP contribution in [0.3, 0.4) is 0 Å². The van der Waals surface area contributed by atoms with Crippen molar-refractivity contribution in [1.29, 1.82) is 0 Å². The Kier molecular flexibility index (Phi) is 3.53. The summed E-state index contributed by atoms with van der Waals surface area (Å²) >= 11 is 0. The number of anilines is 1. The summed E-state index contributed by atoms with van der Waals surface area (Å²) in [4.78, 5) is 26.5. The number of hydrogen-bond acceptors (Lipinski definition) is 4. The van der Waals surface area contributed by atoms with Crippen LogP contribution in [0.5, 0.6) is 0 Å². The average molecular weight is 375 g/mol. The third-order valence-corrected chi connectivity index (χ3v) is 5.65.